The van der Waals surface area contributed by atoms with Crippen LogP contribution in [0.15, 0.2) is 72.0 Å². The molecule has 0 unspecified atom stereocenters. The van der Waals surface area contributed by atoms with Crippen LogP contribution < -0.4 is 0 Å². The molecule has 2 aromatic carbocycles. The molecule has 6 nitrogen and oxygen atoms in total. The van der Waals surface area contributed by atoms with Crippen molar-refractivity contribution in [2.24, 2.45) is 0 Å². The number of aromatic nitrogens is 6. The van der Waals surface area contributed by atoms with Gasteiger partial charge >= 0.3 is 0 Å². The van der Waals surface area contributed by atoms with Crippen LogP contribution in [-0.2, 0) is 5.75 Å². The first-order valence-corrected chi connectivity index (χ1v) is 11.2. The highest BCUT2D eigenvalue weighted by Gasteiger charge is 2.17. The van der Waals surface area contributed by atoms with E-state index < -0.39 is 0 Å². The first-order chi connectivity index (χ1) is 15.1. The van der Waals surface area contributed by atoms with Crippen LogP contribution in [0.1, 0.15) is 17.1 Å². The first kappa shape index (κ1) is 19.8. The van der Waals surface area contributed by atoms with E-state index in [2.05, 4.69) is 37.7 Å². The van der Waals surface area contributed by atoms with Crippen molar-refractivity contribution in [3.05, 3.63) is 89.0 Å². The zero-order valence-electron chi connectivity index (χ0n) is 17.0. The minimum atomic E-state index is 0.660. The number of fused-ring (bicyclic) bond motifs is 1. The van der Waals surface area contributed by atoms with E-state index in [4.69, 9.17) is 11.6 Å². The maximum absolute atomic E-state index is 6.07. The van der Waals surface area contributed by atoms with E-state index in [0.717, 1.165) is 45.1 Å². The molecule has 31 heavy (non-hydrogen) atoms. The third-order valence-corrected chi connectivity index (χ3v) is 6.13. The topological polar surface area (TPSA) is 60.9 Å². The van der Waals surface area contributed by atoms with E-state index in [9.17, 15) is 0 Å². The summed E-state index contributed by atoms with van der Waals surface area (Å²) in [5.74, 6) is 2.15. The molecule has 0 saturated heterocycles. The average molecular weight is 447 g/mol. The number of hydrogen-bond acceptors (Lipinski definition) is 5. The lowest BCUT2D eigenvalue weighted by molar-refractivity contribution is 0.885. The zero-order chi connectivity index (χ0) is 21.4. The van der Waals surface area contributed by atoms with E-state index in [1.165, 1.54) is 0 Å². The van der Waals surface area contributed by atoms with Crippen molar-refractivity contribution in [2.75, 3.05) is 0 Å². The van der Waals surface area contributed by atoms with Crippen LogP contribution in [0.4, 0.5) is 0 Å². The molecular weight excluding hydrogens is 428 g/mol. The lowest BCUT2D eigenvalue weighted by Crippen LogP contribution is -1.99. The number of thioether (sulfide) groups is 1. The van der Waals surface area contributed by atoms with E-state index in [1.54, 1.807) is 11.8 Å². The number of aryl methyl sites for hydroxylation is 2. The third-order valence-electron chi connectivity index (χ3n) is 4.91. The molecule has 0 amide bonds. The van der Waals surface area contributed by atoms with Crippen molar-refractivity contribution in [3.8, 4) is 17.1 Å². The number of para-hydroxylation sites is 1. The molecule has 8 heteroatoms. The van der Waals surface area contributed by atoms with Gasteiger partial charge in [0.05, 0.1) is 5.69 Å². The quantitative estimate of drug-likeness (QED) is 0.332. The molecule has 0 atom stereocenters. The van der Waals surface area contributed by atoms with Gasteiger partial charge in [0.1, 0.15) is 0 Å². The summed E-state index contributed by atoms with van der Waals surface area (Å²) < 4.78 is 4.08. The van der Waals surface area contributed by atoms with Crippen LogP contribution in [0.5, 0.6) is 0 Å². The molecule has 0 aliphatic heterocycles. The van der Waals surface area contributed by atoms with Gasteiger partial charge in [-0.3, -0.25) is 8.97 Å². The fourth-order valence-corrected chi connectivity index (χ4v) is 4.45. The van der Waals surface area contributed by atoms with E-state index in [0.29, 0.717) is 10.8 Å². The Hall–Kier alpha value is -3.16. The number of hydrogen-bond donors (Lipinski definition) is 0. The second kappa shape index (κ2) is 8.17. The Morgan fingerprint density at radius 3 is 2.48 bits per heavy atom. The fourth-order valence-electron chi connectivity index (χ4n) is 3.49. The fraction of sp³-hybridized carbons (Fsp3) is 0.130. The van der Waals surface area contributed by atoms with Crippen LogP contribution in [0, 0.1) is 13.8 Å². The standard InChI is InChI=1S/C23H19ClN6S/c1-15-12-16(2)29-13-19(26-22(29)25-15)14-31-23-28-27-21(17-8-10-18(24)11-9-17)30(23)20-6-4-3-5-7-20/h3-13H,14H2,1-2H3. The Morgan fingerprint density at radius 2 is 1.71 bits per heavy atom. The van der Waals surface area contributed by atoms with Crippen molar-refractivity contribution in [2.45, 2.75) is 24.8 Å². The maximum Gasteiger partial charge on any atom is 0.234 e. The second-order valence-corrected chi connectivity index (χ2v) is 8.59. The van der Waals surface area contributed by atoms with E-state index in [-0.39, 0.29) is 0 Å². The van der Waals surface area contributed by atoms with Crippen LogP contribution in [0.3, 0.4) is 0 Å². The maximum atomic E-state index is 6.07. The average Bonchev–Trinajstić information content (AvgIpc) is 3.37. The van der Waals surface area contributed by atoms with Gasteiger partial charge in [0.2, 0.25) is 5.78 Å². The summed E-state index contributed by atoms with van der Waals surface area (Å²) in [5.41, 5.74) is 4.98. The Balaban J connectivity index is 1.51. The largest absolute Gasteiger partial charge is 0.288 e. The molecule has 0 radical (unpaired) electrons. The molecular formula is C23H19ClN6S. The lowest BCUT2D eigenvalue weighted by Gasteiger charge is -2.10. The minimum absolute atomic E-state index is 0.660. The highest BCUT2D eigenvalue weighted by Crippen LogP contribution is 2.30. The normalized spacial score (nSPS) is 11.3. The molecule has 0 aliphatic carbocycles. The zero-order valence-corrected chi connectivity index (χ0v) is 18.6. The number of rotatable bonds is 5. The van der Waals surface area contributed by atoms with Gasteiger partial charge in [-0.25, -0.2) is 9.97 Å². The van der Waals surface area contributed by atoms with E-state index in [1.807, 2.05) is 72.1 Å². The smallest absolute Gasteiger partial charge is 0.234 e. The number of imidazole rings is 1. The van der Waals surface area contributed by atoms with Gasteiger partial charge < -0.3 is 0 Å². The van der Waals surface area contributed by atoms with E-state index >= 15 is 0 Å². The highest BCUT2D eigenvalue weighted by molar-refractivity contribution is 7.98. The molecule has 0 aliphatic rings. The van der Waals surface area contributed by atoms with Gasteiger partial charge in [0, 0.05) is 39.6 Å². The second-order valence-electron chi connectivity index (χ2n) is 7.21. The monoisotopic (exact) mass is 446 g/mol. The molecule has 0 fully saturated rings. The first-order valence-electron chi connectivity index (χ1n) is 9.80. The lowest BCUT2D eigenvalue weighted by atomic mass is 10.2. The van der Waals surface area contributed by atoms with Gasteiger partial charge in [0.15, 0.2) is 11.0 Å². The van der Waals surface area contributed by atoms with Gasteiger partial charge in [-0.2, -0.15) is 0 Å². The van der Waals surface area contributed by atoms with Crippen molar-refractivity contribution in [1.29, 1.82) is 0 Å². The highest BCUT2D eigenvalue weighted by atomic mass is 35.5. The Kier molecular flexibility index (Phi) is 5.21. The van der Waals surface area contributed by atoms with Gasteiger partial charge in [-0.15, -0.1) is 10.2 Å². The number of benzene rings is 2. The minimum Gasteiger partial charge on any atom is -0.288 e. The van der Waals surface area contributed by atoms with Crippen LogP contribution in [-0.4, -0.2) is 29.1 Å². The summed E-state index contributed by atoms with van der Waals surface area (Å²) >= 11 is 7.67. The summed E-state index contributed by atoms with van der Waals surface area (Å²) in [6.45, 7) is 4.04. The molecule has 0 spiro atoms. The van der Waals surface area contributed by atoms with Gasteiger partial charge in [0.25, 0.3) is 0 Å². The van der Waals surface area contributed by atoms with Crippen molar-refractivity contribution in [3.63, 3.8) is 0 Å². The summed E-state index contributed by atoms with van der Waals surface area (Å²) in [4.78, 5) is 9.21. The SMILES string of the molecule is Cc1cc(C)n2cc(CSc3nnc(-c4ccc(Cl)cc4)n3-c3ccccc3)nc2n1. The molecule has 3 aromatic heterocycles. The van der Waals surface area contributed by atoms with Crippen molar-refractivity contribution < 1.29 is 0 Å². The van der Waals surface area contributed by atoms with Crippen LogP contribution >= 0.6 is 23.4 Å². The van der Waals surface area contributed by atoms with Crippen molar-refractivity contribution in [1.82, 2.24) is 29.1 Å². The molecule has 0 N–H and O–H groups in total. The Bertz CT molecular complexity index is 1360. The molecule has 5 rings (SSSR count). The van der Waals surface area contributed by atoms with Gasteiger partial charge in [-0.1, -0.05) is 41.6 Å². The number of nitrogens with zero attached hydrogens (tertiary/aromatic N) is 6. The molecule has 5 aromatic rings. The number of halogens is 1. The Morgan fingerprint density at radius 1 is 0.935 bits per heavy atom. The van der Waals surface area contributed by atoms with Gasteiger partial charge in [-0.05, 0) is 56.3 Å². The van der Waals surface area contributed by atoms with Crippen molar-refractivity contribution >= 4 is 29.1 Å². The molecule has 154 valence electrons. The predicted molar refractivity (Wildman–Crippen MR) is 124 cm³/mol. The summed E-state index contributed by atoms with van der Waals surface area (Å²) in [6, 6.07) is 19.8. The summed E-state index contributed by atoms with van der Waals surface area (Å²) in [7, 11) is 0. The molecule has 0 bridgehead atoms. The van der Waals surface area contributed by atoms with Crippen LogP contribution in [0.25, 0.3) is 22.9 Å². The molecule has 3 heterocycles. The summed E-state index contributed by atoms with van der Waals surface area (Å²) in [6.07, 6.45) is 2.04. The Labute approximate surface area is 189 Å². The van der Waals surface area contributed by atoms with Crippen LogP contribution in [0.2, 0.25) is 5.02 Å². The third kappa shape index (κ3) is 3.94. The molecule has 0 saturated carbocycles. The summed E-state index contributed by atoms with van der Waals surface area (Å²) in [5, 5.41) is 10.5. The predicted octanol–water partition coefficient (Wildman–Crippen LogP) is 5.54.